The maximum Gasteiger partial charge on any atom is 0.203 e. The maximum absolute atomic E-state index is 8.77. The highest BCUT2D eigenvalue weighted by molar-refractivity contribution is 7.13. The van der Waals surface area contributed by atoms with Gasteiger partial charge in [0.25, 0.3) is 0 Å². The minimum atomic E-state index is -0.0382. The Kier molecular flexibility index (Phi) is 5.53. The van der Waals surface area contributed by atoms with Crippen molar-refractivity contribution < 1.29 is 14.6 Å². The third-order valence-electron chi connectivity index (χ3n) is 2.53. The molecule has 1 aromatic heterocycles. The zero-order valence-corrected chi connectivity index (χ0v) is 12.7. The molecule has 0 aliphatic carbocycles. The van der Waals surface area contributed by atoms with Gasteiger partial charge in [0.2, 0.25) is 5.13 Å². The molecule has 6 nitrogen and oxygen atoms in total. The fourth-order valence-corrected chi connectivity index (χ4v) is 2.24. The van der Waals surface area contributed by atoms with Crippen molar-refractivity contribution in [3.05, 3.63) is 34.8 Å². The number of nitrogens with one attached hydrogen (secondary N) is 1. The molecule has 0 saturated carbocycles. The quantitative estimate of drug-likeness (QED) is 0.606. The van der Waals surface area contributed by atoms with Crippen LogP contribution in [0.25, 0.3) is 0 Å². The first kappa shape index (κ1) is 15.3. The lowest BCUT2D eigenvalue weighted by molar-refractivity contribution is 0.196. The Labute approximate surface area is 127 Å². The predicted molar refractivity (Wildman–Crippen MR) is 83.6 cm³/mol. The van der Waals surface area contributed by atoms with E-state index in [4.69, 9.17) is 14.6 Å². The Morgan fingerprint density at radius 3 is 2.95 bits per heavy atom. The van der Waals surface area contributed by atoms with E-state index in [9.17, 15) is 0 Å². The van der Waals surface area contributed by atoms with Crippen LogP contribution in [0, 0.1) is 6.92 Å². The van der Waals surface area contributed by atoms with E-state index < -0.39 is 0 Å². The summed E-state index contributed by atoms with van der Waals surface area (Å²) in [6, 6.07) is 5.45. The van der Waals surface area contributed by atoms with Crippen molar-refractivity contribution in [2.75, 3.05) is 25.7 Å². The van der Waals surface area contributed by atoms with E-state index in [1.807, 2.05) is 24.4 Å². The third-order valence-corrected chi connectivity index (χ3v) is 3.39. The summed E-state index contributed by atoms with van der Waals surface area (Å²) >= 11 is 1.50. The number of benzene rings is 1. The van der Waals surface area contributed by atoms with Crippen LogP contribution in [0.2, 0.25) is 0 Å². The molecule has 0 saturated heterocycles. The van der Waals surface area contributed by atoms with E-state index in [2.05, 4.69) is 15.5 Å². The van der Waals surface area contributed by atoms with E-state index in [0.29, 0.717) is 11.5 Å². The number of hydrazone groups is 1. The fraction of sp³-hybridized carbons (Fsp3) is 0.286. The zero-order valence-electron chi connectivity index (χ0n) is 11.9. The molecular weight excluding hydrogens is 290 g/mol. The summed E-state index contributed by atoms with van der Waals surface area (Å²) in [6.45, 7) is 2.12. The van der Waals surface area contributed by atoms with E-state index in [1.165, 1.54) is 11.3 Å². The molecule has 0 spiro atoms. The van der Waals surface area contributed by atoms with Crippen LogP contribution in [-0.2, 0) is 0 Å². The molecule has 2 N–H and O–H groups in total. The van der Waals surface area contributed by atoms with Gasteiger partial charge < -0.3 is 14.6 Å². The number of nitrogens with zero attached hydrogens (tertiary/aromatic N) is 2. The maximum atomic E-state index is 8.77. The average molecular weight is 307 g/mol. The van der Waals surface area contributed by atoms with E-state index in [0.717, 1.165) is 16.4 Å². The van der Waals surface area contributed by atoms with Crippen LogP contribution in [-0.4, -0.2) is 36.6 Å². The summed E-state index contributed by atoms with van der Waals surface area (Å²) in [5, 5.41) is 15.6. The number of rotatable bonds is 7. The Morgan fingerprint density at radius 1 is 1.43 bits per heavy atom. The second-order valence-corrected chi connectivity index (χ2v) is 5.00. The second-order valence-electron chi connectivity index (χ2n) is 4.15. The number of aryl methyl sites for hydroxylation is 1. The number of aliphatic hydroxyl groups excluding tert-OH is 1. The SMILES string of the molecule is COc1cc(C=NNc2nc(C)cs2)ccc1OCCO. The van der Waals surface area contributed by atoms with Crippen LogP contribution >= 0.6 is 11.3 Å². The Hall–Kier alpha value is -2.12. The average Bonchev–Trinajstić information content (AvgIpc) is 2.91. The van der Waals surface area contributed by atoms with Gasteiger partial charge in [-0.15, -0.1) is 11.3 Å². The van der Waals surface area contributed by atoms with Gasteiger partial charge in [0, 0.05) is 5.38 Å². The summed E-state index contributed by atoms with van der Waals surface area (Å²) in [5.41, 5.74) is 4.70. The minimum absolute atomic E-state index is 0.0382. The Balaban J connectivity index is 2.02. The van der Waals surface area contributed by atoms with Crippen molar-refractivity contribution in [2.45, 2.75) is 6.92 Å². The van der Waals surface area contributed by atoms with Crippen molar-refractivity contribution in [1.29, 1.82) is 0 Å². The molecule has 2 aromatic rings. The molecule has 1 heterocycles. The highest BCUT2D eigenvalue weighted by atomic mass is 32.1. The first-order chi connectivity index (χ1) is 10.2. The molecule has 0 aliphatic heterocycles. The van der Waals surface area contributed by atoms with Crippen molar-refractivity contribution in [3.63, 3.8) is 0 Å². The van der Waals surface area contributed by atoms with Gasteiger partial charge in [0.15, 0.2) is 11.5 Å². The molecule has 0 amide bonds. The second kappa shape index (κ2) is 7.61. The van der Waals surface area contributed by atoms with Crippen LogP contribution in [0.4, 0.5) is 5.13 Å². The molecule has 0 fully saturated rings. The predicted octanol–water partition coefficient (Wildman–Crippen LogP) is 2.28. The summed E-state index contributed by atoms with van der Waals surface area (Å²) in [7, 11) is 1.57. The van der Waals surface area contributed by atoms with Crippen LogP contribution < -0.4 is 14.9 Å². The molecule has 0 atom stereocenters. The molecule has 0 unspecified atom stereocenters. The standard InChI is InChI=1S/C14H17N3O3S/c1-10-9-21-14(16-10)17-15-8-11-3-4-12(20-6-5-18)13(7-11)19-2/h3-4,7-9,18H,5-6H2,1-2H3,(H,16,17). The lowest BCUT2D eigenvalue weighted by Crippen LogP contribution is -2.03. The van der Waals surface area contributed by atoms with Gasteiger partial charge >= 0.3 is 0 Å². The van der Waals surface area contributed by atoms with Crippen molar-refractivity contribution in [3.8, 4) is 11.5 Å². The number of hydrogen-bond acceptors (Lipinski definition) is 7. The third kappa shape index (κ3) is 4.44. The molecule has 7 heteroatoms. The van der Waals surface area contributed by atoms with E-state index in [-0.39, 0.29) is 13.2 Å². The van der Waals surface area contributed by atoms with E-state index in [1.54, 1.807) is 19.4 Å². The monoisotopic (exact) mass is 307 g/mol. The minimum Gasteiger partial charge on any atom is -0.493 e. The van der Waals surface area contributed by atoms with Gasteiger partial charge in [-0.3, -0.25) is 5.43 Å². The number of thiazole rings is 1. The smallest absolute Gasteiger partial charge is 0.203 e. The van der Waals surface area contributed by atoms with Crippen LogP contribution in [0.5, 0.6) is 11.5 Å². The molecule has 21 heavy (non-hydrogen) atoms. The summed E-state index contributed by atoms with van der Waals surface area (Å²) in [4.78, 5) is 4.25. The largest absolute Gasteiger partial charge is 0.493 e. The van der Waals surface area contributed by atoms with Crippen LogP contribution in [0.1, 0.15) is 11.3 Å². The molecular formula is C14H17N3O3S. The summed E-state index contributed by atoms with van der Waals surface area (Å²) in [5.74, 6) is 1.18. The highest BCUT2D eigenvalue weighted by Crippen LogP contribution is 2.27. The molecule has 0 aliphatic rings. The molecule has 112 valence electrons. The van der Waals surface area contributed by atoms with Gasteiger partial charge in [-0.05, 0) is 30.7 Å². The van der Waals surface area contributed by atoms with Gasteiger partial charge in [-0.2, -0.15) is 5.10 Å². The van der Waals surface area contributed by atoms with Crippen molar-refractivity contribution in [2.24, 2.45) is 5.10 Å². The number of hydrogen-bond donors (Lipinski definition) is 2. The lowest BCUT2D eigenvalue weighted by atomic mass is 10.2. The van der Waals surface area contributed by atoms with Gasteiger partial charge in [0.1, 0.15) is 6.61 Å². The molecule has 1 aromatic carbocycles. The lowest BCUT2D eigenvalue weighted by Gasteiger charge is -2.10. The van der Waals surface area contributed by atoms with E-state index >= 15 is 0 Å². The Morgan fingerprint density at radius 2 is 2.29 bits per heavy atom. The number of aliphatic hydroxyl groups is 1. The van der Waals surface area contributed by atoms with Crippen molar-refractivity contribution >= 4 is 22.7 Å². The van der Waals surface area contributed by atoms with Crippen molar-refractivity contribution in [1.82, 2.24) is 4.98 Å². The van der Waals surface area contributed by atoms with Gasteiger partial charge in [0.05, 0.1) is 25.6 Å². The van der Waals surface area contributed by atoms with Gasteiger partial charge in [-0.25, -0.2) is 4.98 Å². The number of aromatic nitrogens is 1. The fourth-order valence-electron chi connectivity index (χ4n) is 1.61. The summed E-state index contributed by atoms with van der Waals surface area (Å²) in [6.07, 6.45) is 1.68. The topological polar surface area (TPSA) is 76.0 Å². The summed E-state index contributed by atoms with van der Waals surface area (Å²) < 4.78 is 10.6. The molecule has 0 bridgehead atoms. The van der Waals surface area contributed by atoms with Crippen LogP contribution in [0.15, 0.2) is 28.7 Å². The molecule has 2 rings (SSSR count). The number of anilines is 1. The zero-order chi connectivity index (χ0) is 15.1. The Bertz CT molecular complexity index is 613. The van der Waals surface area contributed by atoms with Gasteiger partial charge in [-0.1, -0.05) is 0 Å². The van der Waals surface area contributed by atoms with Crippen LogP contribution in [0.3, 0.4) is 0 Å². The highest BCUT2D eigenvalue weighted by Gasteiger charge is 2.04. The first-order valence-electron chi connectivity index (χ1n) is 6.36. The molecule has 0 radical (unpaired) electrons. The first-order valence-corrected chi connectivity index (χ1v) is 7.24. The number of methoxy groups -OCH3 is 1. The normalized spacial score (nSPS) is 10.8. The number of ether oxygens (including phenoxy) is 2.